The molecule has 1 aromatic carbocycles. The standard InChI is InChI=1S/C20H19ClN2O2S/c21-17-7-8-18(23-20(17)25)16(11-13-4-9-19(24)22-13)12-2-1-3-15(10-12)26-14-5-6-14/h1-3,7-8,10-11,13-14H,4-6,9H2,(H,22,24)(H,23,25)/t13-/m1/s1. The highest BCUT2D eigenvalue weighted by molar-refractivity contribution is 8.00. The fraction of sp³-hybridized carbons (Fsp3) is 0.300. The Morgan fingerprint density at radius 3 is 2.69 bits per heavy atom. The van der Waals surface area contributed by atoms with E-state index < -0.39 is 0 Å². The number of hydrogen-bond donors (Lipinski definition) is 2. The number of nitrogens with one attached hydrogen (secondary N) is 2. The molecule has 1 saturated heterocycles. The molecule has 2 N–H and O–H groups in total. The molecule has 1 aliphatic carbocycles. The van der Waals surface area contributed by atoms with Crippen LogP contribution in [0.5, 0.6) is 0 Å². The number of hydrogen-bond acceptors (Lipinski definition) is 3. The van der Waals surface area contributed by atoms with Crippen molar-refractivity contribution in [2.24, 2.45) is 0 Å². The van der Waals surface area contributed by atoms with Crippen molar-refractivity contribution in [3.63, 3.8) is 0 Å². The minimum Gasteiger partial charge on any atom is -0.350 e. The molecule has 26 heavy (non-hydrogen) atoms. The van der Waals surface area contributed by atoms with Crippen molar-refractivity contribution in [2.75, 3.05) is 0 Å². The lowest BCUT2D eigenvalue weighted by Crippen LogP contribution is -2.23. The van der Waals surface area contributed by atoms with E-state index in [9.17, 15) is 9.59 Å². The molecule has 0 unspecified atom stereocenters. The number of thioether (sulfide) groups is 1. The molecule has 6 heteroatoms. The monoisotopic (exact) mass is 386 g/mol. The van der Waals surface area contributed by atoms with Crippen molar-refractivity contribution in [3.05, 3.63) is 69.1 Å². The molecule has 0 bridgehead atoms. The van der Waals surface area contributed by atoms with Crippen molar-refractivity contribution in [2.45, 2.75) is 41.9 Å². The van der Waals surface area contributed by atoms with Gasteiger partial charge in [-0.1, -0.05) is 29.8 Å². The summed E-state index contributed by atoms with van der Waals surface area (Å²) in [4.78, 5) is 27.6. The van der Waals surface area contributed by atoms with Gasteiger partial charge in [0, 0.05) is 33.9 Å². The van der Waals surface area contributed by atoms with Gasteiger partial charge < -0.3 is 10.3 Å². The summed E-state index contributed by atoms with van der Waals surface area (Å²) in [6, 6.07) is 11.7. The molecule has 1 amide bonds. The Balaban J connectivity index is 1.74. The van der Waals surface area contributed by atoms with Crippen LogP contribution in [0.2, 0.25) is 5.02 Å². The normalized spacial score (nSPS) is 20.3. The zero-order chi connectivity index (χ0) is 18.1. The molecule has 1 aromatic heterocycles. The topological polar surface area (TPSA) is 62.0 Å². The van der Waals surface area contributed by atoms with E-state index in [4.69, 9.17) is 11.6 Å². The van der Waals surface area contributed by atoms with Crippen LogP contribution in [-0.4, -0.2) is 22.2 Å². The van der Waals surface area contributed by atoms with E-state index in [1.54, 1.807) is 6.07 Å². The third kappa shape index (κ3) is 4.05. The lowest BCUT2D eigenvalue weighted by atomic mass is 9.99. The van der Waals surface area contributed by atoms with Crippen LogP contribution in [0.15, 0.2) is 52.2 Å². The summed E-state index contributed by atoms with van der Waals surface area (Å²) in [5.74, 6) is 0.0632. The van der Waals surface area contributed by atoms with Crippen molar-refractivity contribution < 1.29 is 4.79 Å². The average molecular weight is 387 g/mol. The van der Waals surface area contributed by atoms with E-state index in [-0.39, 0.29) is 22.5 Å². The molecule has 1 saturated carbocycles. The highest BCUT2D eigenvalue weighted by atomic mass is 35.5. The summed E-state index contributed by atoms with van der Waals surface area (Å²) in [7, 11) is 0. The van der Waals surface area contributed by atoms with Gasteiger partial charge in [0.2, 0.25) is 5.91 Å². The first-order valence-electron chi connectivity index (χ1n) is 8.76. The maximum Gasteiger partial charge on any atom is 0.267 e. The number of rotatable bonds is 5. The minimum absolute atomic E-state index is 0.0311. The van der Waals surface area contributed by atoms with E-state index >= 15 is 0 Å². The van der Waals surface area contributed by atoms with Crippen LogP contribution >= 0.6 is 23.4 Å². The molecule has 2 aliphatic rings. The zero-order valence-electron chi connectivity index (χ0n) is 14.1. The maximum atomic E-state index is 12.0. The summed E-state index contributed by atoms with van der Waals surface area (Å²) < 4.78 is 0. The number of carbonyl (C=O) groups is 1. The average Bonchev–Trinajstić information content (AvgIpc) is 3.34. The minimum atomic E-state index is -0.311. The number of aromatic amines is 1. The second-order valence-corrected chi connectivity index (χ2v) is 8.47. The molecule has 2 fully saturated rings. The number of benzene rings is 1. The van der Waals surface area contributed by atoms with Crippen LogP contribution < -0.4 is 10.9 Å². The third-order valence-electron chi connectivity index (χ3n) is 4.52. The Labute approximate surface area is 161 Å². The van der Waals surface area contributed by atoms with Gasteiger partial charge in [-0.15, -0.1) is 11.8 Å². The number of pyridine rings is 1. The van der Waals surface area contributed by atoms with Gasteiger partial charge in [0.25, 0.3) is 5.56 Å². The summed E-state index contributed by atoms with van der Waals surface area (Å²) in [5.41, 5.74) is 2.32. The molecule has 134 valence electrons. The Morgan fingerprint density at radius 1 is 1.15 bits per heavy atom. The third-order valence-corrected chi connectivity index (χ3v) is 6.15. The number of aromatic nitrogens is 1. The van der Waals surface area contributed by atoms with Crippen LogP contribution in [0, 0.1) is 0 Å². The van der Waals surface area contributed by atoms with Gasteiger partial charge in [0.05, 0.1) is 0 Å². The van der Waals surface area contributed by atoms with E-state index in [1.807, 2.05) is 36.0 Å². The first kappa shape index (κ1) is 17.4. The van der Waals surface area contributed by atoms with E-state index in [0.717, 1.165) is 22.8 Å². The summed E-state index contributed by atoms with van der Waals surface area (Å²) in [6.07, 6.45) is 5.87. The highest BCUT2D eigenvalue weighted by Gasteiger charge is 2.23. The van der Waals surface area contributed by atoms with Gasteiger partial charge in [0.15, 0.2) is 0 Å². The second-order valence-electron chi connectivity index (χ2n) is 6.69. The molecule has 4 nitrogen and oxygen atoms in total. The van der Waals surface area contributed by atoms with E-state index in [1.165, 1.54) is 17.7 Å². The lowest BCUT2D eigenvalue weighted by Gasteiger charge is -2.13. The van der Waals surface area contributed by atoms with Gasteiger partial charge in [0.1, 0.15) is 5.02 Å². The summed E-state index contributed by atoms with van der Waals surface area (Å²) in [5, 5.41) is 3.86. The number of H-pyrrole nitrogens is 1. The van der Waals surface area contributed by atoms with Gasteiger partial charge in [-0.3, -0.25) is 9.59 Å². The van der Waals surface area contributed by atoms with Crippen molar-refractivity contribution in [1.82, 2.24) is 10.3 Å². The molecule has 0 spiro atoms. The molecule has 1 atom stereocenters. The number of amides is 1. The fourth-order valence-corrected chi connectivity index (χ4v) is 4.25. The van der Waals surface area contributed by atoms with Crippen LogP contribution in [0.3, 0.4) is 0 Å². The van der Waals surface area contributed by atoms with Crippen molar-refractivity contribution >= 4 is 34.8 Å². The van der Waals surface area contributed by atoms with Crippen LogP contribution in [-0.2, 0) is 4.79 Å². The molecule has 2 aromatic rings. The van der Waals surface area contributed by atoms with Crippen LogP contribution in [0.25, 0.3) is 5.57 Å². The van der Waals surface area contributed by atoms with E-state index in [0.29, 0.717) is 12.1 Å². The predicted octanol–water partition coefficient (Wildman–Crippen LogP) is 3.99. The number of carbonyl (C=O) groups excluding carboxylic acids is 1. The highest BCUT2D eigenvalue weighted by Crippen LogP contribution is 2.40. The maximum absolute atomic E-state index is 12.0. The fourth-order valence-electron chi connectivity index (χ4n) is 3.03. The van der Waals surface area contributed by atoms with Gasteiger partial charge in [-0.05, 0) is 49.1 Å². The Bertz CT molecular complexity index is 933. The molecule has 1 aliphatic heterocycles. The largest absolute Gasteiger partial charge is 0.350 e. The van der Waals surface area contributed by atoms with Gasteiger partial charge in [-0.25, -0.2) is 0 Å². The zero-order valence-corrected chi connectivity index (χ0v) is 15.7. The quantitative estimate of drug-likeness (QED) is 0.816. The Kier molecular flexibility index (Phi) is 4.92. The molecule has 4 rings (SSSR count). The molecular weight excluding hydrogens is 368 g/mol. The van der Waals surface area contributed by atoms with Crippen molar-refractivity contribution in [1.29, 1.82) is 0 Å². The first-order chi connectivity index (χ1) is 12.6. The van der Waals surface area contributed by atoms with Crippen LogP contribution in [0.1, 0.15) is 36.9 Å². The Hall–Kier alpha value is -1.98. The van der Waals surface area contributed by atoms with E-state index in [2.05, 4.69) is 22.4 Å². The lowest BCUT2D eigenvalue weighted by molar-refractivity contribution is -0.119. The molecule has 2 heterocycles. The van der Waals surface area contributed by atoms with Crippen molar-refractivity contribution in [3.8, 4) is 0 Å². The predicted molar refractivity (Wildman–Crippen MR) is 106 cm³/mol. The SMILES string of the molecule is O=C1CC[C@H](C=C(c2cccc(SC3CC3)c2)c2ccc(Cl)c(=O)[nH]2)N1. The summed E-state index contributed by atoms with van der Waals surface area (Å²) >= 11 is 7.78. The molecule has 0 radical (unpaired) electrons. The summed E-state index contributed by atoms with van der Waals surface area (Å²) in [6.45, 7) is 0. The van der Waals surface area contributed by atoms with Gasteiger partial charge >= 0.3 is 0 Å². The number of halogens is 1. The second kappa shape index (κ2) is 7.33. The van der Waals surface area contributed by atoms with Gasteiger partial charge in [-0.2, -0.15) is 0 Å². The smallest absolute Gasteiger partial charge is 0.267 e. The Morgan fingerprint density at radius 2 is 2.00 bits per heavy atom. The first-order valence-corrected chi connectivity index (χ1v) is 10.0. The van der Waals surface area contributed by atoms with Crippen LogP contribution in [0.4, 0.5) is 0 Å². The molecular formula is C20H19ClN2O2S.